The Hall–Kier alpha value is -5.75. The molecule has 254 valence electrons. The van der Waals surface area contributed by atoms with E-state index < -0.39 is 16.1 Å². The highest BCUT2D eigenvalue weighted by Crippen LogP contribution is 2.40. The molecule has 8 aromatic rings. The number of hydrogen-bond acceptors (Lipinski definition) is 1. The molecule has 10 rings (SSSR count). The van der Waals surface area contributed by atoms with Crippen LogP contribution in [0.15, 0.2) is 176 Å². The Balaban J connectivity index is 1.06. The molecule has 1 nitrogen and oxygen atoms in total. The number of rotatable bonds is 5. The molecule has 0 saturated carbocycles. The first-order chi connectivity index (χ1) is 25.8. The van der Waals surface area contributed by atoms with Crippen molar-refractivity contribution in [3.63, 3.8) is 0 Å². The summed E-state index contributed by atoms with van der Waals surface area (Å²) in [5.41, 5.74) is 14.1. The lowest BCUT2D eigenvalue weighted by Crippen LogP contribution is -2.49. The molecule has 0 amide bonds. The van der Waals surface area contributed by atoms with Crippen LogP contribution < -0.4 is 25.6 Å². The van der Waals surface area contributed by atoms with Crippen molar-refractivity contribution in [2.24, 2.45) is 0 Å². The molecule has 0 atom stereocenters. The van der Waals surface area contributed by atoms with Gasteiger partial charge in [0.05, 0.1) is 0 Å². The van der Waals surface area contributed by atoms with Gasteiger partial charge in [-0.1, -0.05) is 160 Å². The molecule has 0 spiro atoms. The first kappa shape index (κ1) is 31.9. The van der Waals surface area contributed by atoms with Crippen LogP contribution in [0, 0.1) is 0 Å². The van der Waals surface area contributed by atoms with E-state index in [9.17, 15) is 0 Å². The molecule has 0 fully saturated rings. The van der Waals surface area contributed by atoms with E-state index in [0.29, 0.717) is 0 Å². The Labute approximate surface area is 314 Å². The van der Waals surface area contributed by atoms with E-state index in [2.05, 4.69) is 207 Å². The van der Waals surface area contributed by atoms with Gasteiger partial charge in [-0.25, -0.2) is 0 Å². The third-order valence-corrected chi connectivity index (χ3v) is 19.2. The average Bonchev–Trinajstić information content (AvgIpc) is 3.57. The van der Waals surface area contributed by atoms with Gasteiger partial charge in [-0.3, -0.25) is 0 Å². The van der Waals surface area contributed by atoms with Crippen LogP contribution in [0.2, 0.25) is 26.2 Å². The molecule has 0 radical (unpaired) electrons. The molecule has 53 heavy (non-hydrogen) atoms. The van der Waals surface area contributed by atoms with Crippen LogP contribution in [0.3, 0.4) is 0 Å². The van der Waals surface area contributed by atoms with Gasteiger partial charge in [-0.05, 0) is 118 Å². The van der Waals surface area contributed by atoms with Gasteiger partial charge in [0.1, 0.15) is 16.1 Å². The number of nitrogens with zero attached hydrogens (tertiary/aromatic N) is 1. The van der Waals surface area contributed by atoms with Crippen LogP contribution in [-0.4, -0.2) is 16.1 Å². The minimum atomic E-state index is -1.76. The SMILES string of the molecule is C[Si]1(C)c2ccccc2-c2cc(N(c3ccc(-c4ccc5c(c4)[Si](C)(C)c4ccccc4-5)cc3)c3ccc(-c4ccc5ccccc5c4)cc3)ccc21. The highest BCUT2D eigenvalue weighted by molar-refractivity contribution is 7.04. The topological polar surface area (TPSA) is 3.24 Å². The van der Waals surface area contributed by atoms with Crippen molar-refractivity contribution >= 4 is 64.7 Å². The van der Waals surface area contributed by atoms with Crippen molar-refractivity contribution in [2.75, 3.05) is 4.90 Å². The standard InChI is InChI=1S/C50H41NSi2/c1-52(2)48-16-10-8-14-44(48)46-33-42(28-30-49(46)52)51(40-24-19-35(20-25-40)38-18-17-34-11-5-6-12-37(34)31-38)41-26-21-36(22-27-41)39-23-29-45-43-13-7-9-15-47(43)53(3,4)50(45)32-39/h5-33H,1-4H3. The van der Waals surface area contributed by atoms with Gasteiger partial charge in [0.2, 0.25) is 0 Å². The highest BCUT2D eigenvalue weighted by atomic mass is 28.3. The van der Waals surface area contributed by atoms with Gasteiger partial charge in [-0.2, -0.15) is 0 Å². The molecule has 2 aliphatic heterocycles. The number of fused-ring (bicyclic) bond motifs is 7. The van der Waals surface area contributed by atoms with Crippen LogP contribution in [0.4, 0.5) is 17.1 Å². The number of hydrogen-bond donors (Lipinski definition) is 0. The summed E-state index contributed by atoms with van der Waals surface area (Å²) in [5.74, 6) is 0. The summed E-state index contributed by atoms with van der Waals surface area (Å²) < 4.78 is 0. The zero-order chi connectivity index (χ0) is 35.9. The largest absolute Gasteiger partial charge is 0.310 e. The minimum Gasteiger partial charge on any atom is -0.310 e. The normalized spacial score (nSPS) is 14.3. The van der Waals surface area contributed by atoms with E-state index in [-0.39, 0.29) is 0 Å². The van der Waals surface area contributed by atoms with Crippen LogP contribution in [-0.2, 0) is 0 Å². The number of anilines is 3. The molecular weight excluding hydrogens is 671 g/mol. The van der Waals surface area contributed by atoms with Gasteiger partial charge >= 0.3 is 0 Å². The third-order valence-electron chi connectivity index (χ3n) is 12.1. The second-order valence-corrected chi connectivity index (χ2v) is 24.5. The Morgan fingerprint density at radius 2 is 0.755 bits per heavy atom. The predicted molar refractivity (Wildman–Crippen MR) is 234 cm³/mol. The summed E-state index contributed by atoms with van der Waals surface area (Å²) in [6.07, 6.45) is 0. The molecule has 0 bridgehead atoms. The lowest BCUT2D eigenvalue weighted by atomic mass is 9.99. The fourth-order valence-corrected chi connectivity index (χ4v) is 15.3. The van der Waals surface area contributed by atoms with E-state index in [1.54, 1.807) is 10.4 Å². The maximum atomic E-state index is 2.49. The molecule has 2 heterocycles. The quantitative estimate of drug-likeness (QED) is 0.161. The van der Waals surface area contributed by atoms with Crippen molar-refractivity contribution in [1.82, 2.24) is 0 Å². The van der Waals surface area contributed by atoms with Crippen molar-refractivity contribution in [3.8, 4) is 44.5 Å². The van der Waals surface area contributed by atoms with E-state index in [0.717, 1.165) is 11.4 Å². The van der Waals surface area contributed by atoms with Gasteiger partial charge in [0.25, 0.3) is 0 Å². The van der Waals surface area contributed by atoms with E-state index >= 15 is 0 Å². The summed E-state index contributed by atoms with van der Waals surface area (Å²) in [4.78, 5) is 2.43. The summed E-state index contributed by atoms with van der Waals surface area (Å²) in [6, 6.07) is 66.1. The second-order valence-electron chi connectivity index (χ2n) is 15.8. The molecule has 3 heteroatoms. The summed E-state index contributed by atoms with van der Waals surface area (Å²) in [7, 11) is -3.52. The first-order valence-corrected chi connectivity index (χ1v) is 24.8. The van der Waals surface area contributed by atoms with Crippen molar-refractivity contribution in [1.29, 1.82) is 0 Å². The van der Waals surface area contributed by atoms with Crippen LogP contribution in [0.5, 0.6) is 0 Å². The molecule has 8 aromatic carbocycles. The Kier molecular flexibility index (Phi) is 7.17. The van der Waals surface area contributed by atoms with Gasteiger partial charge in [0, 0.05) is 17.1 Å². The summed E-state index contributed by atoms with van der Waals surface area (Å²) in [5, 5.41) is 8.68. The Bertz CT molecular complexity index is 2720. The monoisotopic (exact) mass is 711 g/mol. The fourth-order valence-electron chi connectivity index (χ4n) is 9.15. The second kappa shape index (κ2) is 11.9. The van der Waals surface area contributed by atoms with Crippen LogP contribution in [0.1, 0.15) is 0 Å². The van der Waals surface area contributed by atoms with Gasteiger partial charge < -0.3 is 4.90 Å². The lowest BCUT2D eigenvalue weighted by Gasteiger charge is -2.27. The zero-order valence-corrected chi connectivity index (χ0v) is 32.7. The fraction of sp³-hybridized carbons (Fsp3) is 0.0800. The minimum absolute atomic E-state index is 1.15. The van der Waals surface area contributed by atoms with E-state index in [1.165, 1.54) is 71.3 Å². The average molecular weight is 712 g/mol. The highest BCUT2D eigenvalue weighted by Gasteiger charge is 2.38. The molecule has 0 aromatic heterocycles. The smallest absolute Gasteiger partial charge is 0.113 e. The number of benzene rings is 8. The maximum absolute atomic E-state index is 2.49. The van der Waals surface area contributed by atoms with E-state index in [4.69, 9.17) is 0 Å². The molecule has 2 aliphatic rings. The van der Waals surface area contributed by atoms with Crippen molar-refractivity contribution < 1.29 is 0 Å². The third kappa shape index (κ3) is 5.03. The maximum Gasteiger partial charge on any atom is 0.113 e. The Morgan fingerprint density at radius 1 is 0.302 bits per heavy atom. The van der Waals surface area contributed by atoms with Gasteiger partial charge in [-0.15, -0.1) is 0 Å². The van der Waals surface area contributed by atoms with Crippen molar-refractivity contribution in [3.05, 3.63) is 176 Å². The lowest BCUT2D eigenvalue weighted by molar-refractivity contribution is 1.29. The first-order valence-electron chi connectivity index (χ1n) is 18.8. The van der Waals surface area contributed by atoms with Crippen LogP contribution in [0.25, 0.3) is 55.3 Å². The van der Waals surface area contributed by atoms with E-state index in [1.807, 2.05) is 0 Å². The predicted octanol–water partition coefficient (Wildman–Crippen LogP) is 11.2. The molecular formula is C50H41NSi2. The van der Waals surface area contributed by atoms with Gasteiger partial charge in [0.15, 0.2) is 0 Å². The summed E-state index contributed by atoms with van der Waals surface area (Å²) in [6.45, 7) is 9.96. The summed E-state index contributed by atoms with van der Waals surface area (Å²) >= 11 is 0. The zero-order valence-electron chi connectivity index (χ0n) is 30.7. The molecule has 0 N–H and O–H groups in total. The van der Waals surface area contributed by atoms with Crippen molar-refractivity contribution in [2.45, 2.75) is 26.2 Å². The Morgan fingerprint density at radius 3 is 1.42 bits per heavy atom. The molecule has 0 unspecified atom stereocenters. The van der Waals surface area contributed by atoms with Crippen LogP contribution >= 0.6 is 0 Å². The molecule has 0 saturated heterocycles. The molecule has 0 aliphatic carbocycles.